The second-order valence-corrected chi connectivity index (χ2v) is 9.39. The molecule has 168 valence electrons. The van der Waals surface area contributed by atoms with E-state index in [-0.39, 0.29) is 35.6 Å². The number of anilines is 1. The predicted octanol–water partition coefficient (Wildman–Crippen LogP) is 2.92. The van der Waals surface area contributed by atoms with Crippen molar-refractivity contribution in [2.45, 2.75) is 24.8 Å². The van der Waals surface area contributed by atoms with Crippen molar-refractivity contribution < 1.29 is 27.1 Å². The molecule has 0 radical (unpaired) electrons. The van der Waals surface area contributed by atoms with Gasteiger partial charge < -0.3 is 14.4 Å². The summed E-state index contributed by atoms with van der Waals surface area (Å²) in [5, 5.41) is 0. The quantitative estimate of drug-likeness (QED) is 0.455. The molecule has 0 unspecified atom stereocenters. The monoisotopic (exact) mass is 450 g/mol. The summed E-state index contributed by atoms with van der Waals surface area (Å²) in [7, 11) is -3.75. The minimum absolute atomic E-state index is 0.0377. The van der Waals surface area contributed by atoms with Crippen LogP contribution in [-0.2, 0) is 19.5 Å². The number of hydrogen-bond acceptors (Lipinski definition) is 6. The zero-order valence-electron chi connectivity index (χ0n) is 17.7. The highest BCUT2D eigenvalue weighted by atomic mass is 32.2. The van der Waals surface area contributed by atoms with E-state index in [1.807, 2.05) is 18.7 Å². The molecule has 0 spiro atoms. The molecule has 0 bridgehead atoms. The molecule has 0 aliphatic carbocycles. The van der Waals surface area contributed by atoms with Crippen LogP contribution in [0.2, 0.25) is 0 Å². The van der Waals surface area contributed by atoms with Crippen LogP contribution < -0.4 is 4.90 Å². The molecule has 31 heavy (non-hydrogen) atoms. The highest BCUT2D eigenvalue weighted by molar-refractivity contribution is 7.89. The maximum Gasteiger partial charge on any atom is 0.338 e. The second-order valence-electron chi connectivity index (χ2n) is 7.45. The molecule has 2 aromatic rings. The number of esters is 1. The minimum Gasteiger partial charge on any atom is -0.460 e. The van der Waals surface area contributed by atoms with E-state index in [0.717, 1.165) is 5.69 Å². The Hall–Kier alpha value is -2.49. The fourth-order valence-electron chi connectivity index (χ4n) is 3.27. The second kappa shape index (κ2) is 10.2. The van der Waals surface area contributed by atoms with Crippen LogP contribution in [-0.4, -0.2) is 64.2 Å². The number of benzene rings is 2. The first-order valence-corrected chi connectivity index (χ1v) is 11.6. The fourth-order valence-corrected chi connectivity index (χ4v) is 4.74. The number of sulfonamides is 1. The Morgan fingerprint density at radius 1 is 1.03 bits per heavy atom. The molecule has 3 rings (SSSR count). The fraction of sp³-hybridized carbons (Fsp3) is 0.409. The molecule has 0 amide bonds. The van der Waals surface area contributed by atoms with Crippen LogP contribution in [0.3, 0.4) is 0 Å². The number of hydrogen-bond donors (Lipinski definition) is 0. The lowest BCUT2D eigenvalue weighted by Crippen LogP contribution is -2.48. The maximum atomic E-state index is 13.1. The van der Waals surface area contributed by atoms with Crippen molar-refractivity contribution in [3.8, 4) is 0 Å². The largest absolute Gasteiger partial charge is 0.460 e. The van der Waals surface area contributed by atoms with Crippen molar-refractivity contribution >= 4 is 21.7 Å². The number of halogens is 1. The van der Waals surface area contributed by atoms with Gasteiger partial charge in [0.1, 0.15) is 12.4 Å². The van der Waals surface area contributed by atoms with E-state index in [0.29, 0.717) is 26.2 Å². The first-order chi connectivity index (χ1) is 14.8. The van der Waals surface area contributed by atoms with Gasteiger partial charge in [-0.3, -0.25) is 0 Å². The molecule has 1 aliphatic rings. The average molecular weight is 451 g/mol. The Morgan fingerprint density at radius 2 is 1.71 bits per heavy atom. The van der Waals surface area contributed by atoms with Crippen LogP contribution in [0.25, 0.3) is 0 Å². The molecule has 0 N–H and O–H groups in total. The Kier molecular flexibility index (Phi) is 7.64. The van der Waals surface area contributed by atoms with Crippen LogP contribution in [0.4, 0.5) is 10.1 Å². The van der Waals surface area contributed by atoms with E-state index in [9.17, 15) is 17.6 Å². The molecule has 1 fully saturated rings. The van der Waals surface area contributed by atoms with Crippen LogP contribution >= 0.6 is 0 Å². The van der Waals surface area contributed by atoms with Crippen LogP contribution in [0.15, 0.2) is 53.4 Å². The summed E-state index contributed by atoms with van der Waals surface area (Å²) < 4.78 is 51.1. The van der Waals surface area contributed by atoms with Crippen molar-refractivity contribution in [3.63, 3.8) is 0 Å². The molecule has 0 atom stereocenters. The number of ether oxygens (including phenoxy) is 2. The minimum atomic E-state index is -3.75. The lowest BCUT2D eigenvalue weighted by atomic mass is 10.2. The van der Waals surface area contributed by atoms with Gasteiger partial charge in [0.25, 0.3) is 0 Å². The molecule has 1 aliphatic heterocycles. The first-order valence-electron chi connectivity index (χ1n) is 10.2. The van der Waals surface area contributed by atoms with Gasteiger partial charge in [0.2, 0.25) is 10.0 Å². The average Bonchev–Trinajstić information content (AvgIpc) is 2.77. The number of carbonyl (C=O) groups excluding carboxylic acids is 1. The lowest BCUT2D eigenvalue weighted by molar-refractivity contribution is 0.0177. The van der Waals surface area contributed by atoms with Crippen molar-refractivity contribution in [2.75, 3.05) is 44.3 Å². The third kappa shape index (κ3) is 6.03. The molecule has 1 heterocycles. The van der Waals surface area contributed by atoms with Gasteiger partial charge in [0.15, 0.2) is 0 Å². The van der Waals surface area contributed by atoms with Gasteiger partial charge in [0, 0.05) is 31.9 Å². The summed E-state index contributed by atoms with van der Waals surface area (Å²) in [6.45, 7) is 5.71. The van der Waals surface area contributed by atoms with E-state index in [4.69, 9.17) is 9.47 Å². The third-order valence-corrected chi connectivity index (χ3v) is 6.80. The topological polar surface area (TPSA) is 76.1 Å². The summed E-state index contributed by atoms with van der Waals surface area (Å²) >= 11 is 0. The smallest absolute Gasteiger partial charge is 0.338 e. The highest BCUT2D eigenvalue weighted by Crippen LogP contribution is 2.22. The zero-order chi connectivity index (χ0) is 22.4. The van der Waals surface area contributed by atoms with E-state index < -0.39 is 16.0 Å². The maximum absolute atomic E-state index is 13.1. The number of nitrogens with zero attached hydrogens (tertiary/aromatic N) is 2. The Balaban J connectivity index is 1.62. The van der Waals surface area contributed by atoms with Crippen molar-refractivity contribution in [3.05, 3.63) is 59.9 Å². The van der Waals surface area contributed by atoms with E-state index >= 15 is 0 Å². The SMILES string of the molecule is CC(C)OCCOC(=O)c1cccc(S(=O)(=O)N2CCN(c3ccc(F)cc3)CC2)c1. The number of carbonyl (C=O) groups is 1. The molecule has 9 heteroatoms. The summed E-state index contributed by atoms with van der Waals surface area (Å²) in [6, 6.07) is 12.0. The summed E-state index contributed by atoms with van der Waals surface area (Å²) in [6.07, 6.45) is 0.0377. The van der Waals surface area contributed by atoms with Crippen molar-refractivity contribution in [2.24, 2.45) is 0 Å². The standard InChI is InChI=1S/C22H27FN2O5S/c1-17(2)29-14-15-30-22(26)18-4-3-5-21(16-18)31(27,28)25-12-10-24(11-13-25)20-8-6-19(23)7-9-20/h3-9,16-17H,10-15H2,1-2H3. The molecule has 2 aromatic carbocycles. The Morgan fingerprint density at radius 3 is 2.35 bits per heavy atom. The van der Waals surface area contributed by atoms with E-state index in [2.05, 4.69) is 0 Å². The van der Waals surface area contributed by atoms with Crippen molar-refractivity contribution in [1.29, 1.82) is 0 Å². The Labute approximate surface area is 182 Å². The van der Waals surface area contributed by atoms with E-state index in [1.165, 1.54) is 40.7 Å². The van der Waals surface area contributed by atoms with Gasteiger partial charge in [-0.2, -0.15) is 4.31 Å². The molecule has 0 saturated carbocycles. The molecule has 7 nitrogen and oxygen atoms in total. The molecular weight excluding hydrogens is 423 g/mol. The van der Waals surface area contributed by atoms with Crippen LogP contribution in [0.5, 0.6) is 0 Å². The van der Waals surface area contributed by atoms with Gasteiger partial charge >= 0.3 is 5.97 Å². The predicted molar refractivity (Wildman–Crippen MR) is 115 cm³/mol. The van der Waals surface area contributed by atoms with Gasteiger partial charge in [0.05, 0.1) is 23.2 Å². The zero-order valence-corrected chi connectivity index (χ0v) is 18.5. The Bertz CT molecular complexity index is 987. The molecule has 1 saturated heterocycles. The molecular formula is C22H27FN2O5S. The molecule has 0 aromatic heterocycles. The van der Waals surface area contributed by atoms with Crippen LogP contribution in [0, 0.1) is 5.82 Å². The number of rotatable bonds is 8. The summed E-state index contributed by atoms with van der Waals surface area (Å²) in [4.78, 5) is 14.3. The van der Waals surface area contributed by atoms with Gasteiger partial charge in [-0.25, -0.2) is 17.6 Å². The summed E-state index contributed by atoms with van der Waals surface area (Å²) in [5.41, 5.74) is 1.03. The first kappa shape index (κ1) is 23.2. The van der Waals surface area contributed by atoms with Gasteiger partial charge in [-0.05, 0) is 56.3 Å². The van der Waals surface area contributed by atoms with Gasteiger partial charge in [-0.1, -0.05) is 6.07 Å². The lowest BCUT2D eigenvalue weighted by Gasteiger charge is -2.35. The highest BCUT2D eigenvalue weighted by Gasteiger charge is 2.29. The van der Waals surface area contributed by atoms with E-state index in [1.54, 1.807) is 12.1 Å². The van der Waals surface area contributed by atoms with Crippen molar-refractivity contribution in [1.82, 2.24) is 4.31 Å². The van der Waals surface area contributed by atoms with Crippen LogP contribution in [0.1, 0.15) is 24.2 Å². The number of piperazine rings is 1. The summed E-state index contributed by atoms with van der Waals surface area (Å²) in [5.74, 6) is -0.902. The normalized spacial score (nSPS) is 15.3. The van der Waals surface area contributed by atoms with Gasteiger partial charge in [-0.15, -0.1) is 0 Å². The third-order valence-electron chi connectivity index (χ3n) is 4.91.